The fourth-order valence-corrected chi connectivity index (χ4v) is 2.46. The average molecular weight is 325 g/mol. The van der Waals surface area contributed by atoms with E-state index in [9.17, 15) is 9.90 Å². The molecule has 0 radical (unpaired) electrons. The Labute approximate surface area is 139 Å². The maximum absolute atomic E-state index is 11.8. The van der Waals surface area contributed by atoms with Crippen molar-refractivity contribution in [1.82, 2.24) is 15.8 Å². The van der Waals surface area contributed by atoms with Gasteiger partial charge in [0.2, 0.25) is 0 Å². The quantitative estimate of drug-likeness (QED) is 0.673. The molecule has 2 aromatic carbocycles. The zero-order valence-corrected chi connectivity index (χ0v) is 13.3. The van der Waals surface area contributed by atoms with Gasteiger partial charge in [0.1, 0.15) is 11.5 Å². The highest BCUT2D eigenvalue weighted by atomic mass is 16.5. The predicted octanol–water partition coefficient (Wildman–Crippen LogP) is 2.67. The van der Waals surface area contributed by atoms with Gasteiger partial charge in [0, 0.05) is 12.6 Å². The van der Waals surface area contributed by atoms with Crippen LogP contribution in [0.15, 0.2) is 53.1 Å². The van der Waals surface area contributed by atoms with Gasteiger partial charge in [-0.2, -0.15) is 0 Å². The summed E-state index contributed by atoms with van der Waals surface area (Å²) in [6.07, 6.45) is -0.769. The highest BCUT2D eigenvalue weighted by Crippen LogP contribution is 2.20. The number of aryl methyl sites for hydroxylation is 1. The van der Waals surface area contributed by atoms with Crippen molar-refractivity contribution in [2.24, 2.45) is 0 Å². The first-order valence-electron chi connectivity index (χ1n) is 7.72. The van der Waals surface area contributed by atoms with Crippen molar-refractivity contribution in [3.05, 3.63) is 65.5 Å². The van der Waals surface area contributed by atoms with Gasteiger partial charge in [-0.3, -0.25) is 0 Å². The fourth-order valence-electron chi connectivity index (χ4n) is 2.46. The van der Waals surface area contributed by atoms with E-state index in [2.05, 4.69) is 15.8 Å². The Kier molecular flexibility index (Phi) is 4.77. The zero-order valence-electron chi connectivity index (χ0n) is 13.3. The summed E-state index contributed by atoms with van der Waals surface area (Å²) in [6.45, 7) is 2.19. The molecule has 0 bridgehead atoms. The van der Waals surface area contributed by atoms with E-state index >= 15 is 0 Å². The van der Waals surface area contributed by atoms with Crippen molar-refractivity contribution < 1.29 is 14.4 Å². The monoisotopic (exact) mass is 325 g/mol. The second-order valence-corrected chi connectivity index (χ2v) is 5.61. The SMILES string of the molecule is Cc1cc(CNC(=O)NC[C@H](O)c2ccc3ccccc3c2)no1. The topological polar surface area (TPSA) is 87.4 Å². The van der Waals surface area contributed by atoms with Crippen LogP contribution in [-0.2, 0) is 6.54 Å². The van der Waals surface area contributed by atoms with E-state index in [0.29, 0.717) is 11.5 Å². The normalized spacial score (nSPS) is 12.1. The average Bonchev–Trinajstić information content (AvgIpc) is 3.02. The predicted molar refractivity (Wildman–Crippen MR) is 90.4 cm³/mol. The van der Waals surface area contributed by atoms with Gasteiger partial charge in [0.15, 0.2) is 0 Å². The number of aromatic nitrogens is 1. The van der Waals surface area contributed by atoms with Crippen LogP contribution in [0.1, 0.15) is 23.1 Å². The molecule has 1 aromatic heterocycles. The number of nitrogens with one attached hydrogen (secondary N) is 2. The van der Waals surface area contributed by atoms with Crippen molar-refractivity contribution in [3.63, 3.8) is 0 Å². The van der Waals surface area contributed by atoms with E-state index in [-0.39, 0.29) is 19.1 Å². The smallest absolute Gasteiger partial charge is 0.315 e. The summed E-state index contributed by atoms with van der Waals surface area (Å²) in [5.74, 6) is 0.693. The van der Waals surface area contributed by atoms with Gasteiger partial charge in [-0.1, -0.05) is 41.6 Å². The van der Waals surface area contributed by atoms with Crippen LogP contribution in [0.4, 0.5) is 4.79 Å². The second-order valence-electron chi connectivity index (χ2n) is 5.61. The molecule has 6 nitrogen and oxygen atoms in total. The molecule has 0 saturated carbocycles. The highest BCUT2D eigenvalue weighted by molar-refractivity contribution is 5.83. The Morgan fingerprint density at radius 3 is 2.71 bits per heavy atom. The van der Waals surface area contributed by atoms with Crippen molar-refractivity contribution in [2.45, 2.75) is 19.6 Å². The van der Waals surface area contributed by atoms with Crippen molar-refractivity contribution >= 4 is 16.8 Å². The van der Waals surface area contributed by atoms with Gasteiger partial charge in [0.05, 0.1) is 12.6 Å². The van der Waals surface area contributed by atoms with Crippen LogP contribution in [0.2, 0.25) is 0 Å². The minimum absolute atomic E-state index is 0.127. The Bertz CT molecular complexity index is 844. The van der Waals surface area contributed by atoms with Gasteiger partial charge in [-0.15, -0.1) is 0 Å². The first-order valence-corrected chi connectivity index (χ1v) is 7.72. The standard InChI is InChI=1S/C18H19N3O3/c1-12-8-16(21-24-12)10-19-18(23)20-11-17(22)15-7-6-13-4-2-3-5-14(13)9-15/h2-9,17,22H,10-11H2,1H3,(H2,19,20,23)/t17-/m0/s1. The van der Waals surface area contributed by atoms with Gasteiger partial charge in [0.25, 0.3) is 0 Å². The number of amides is 2. The number of benzene rings is 2. The lowest BCUT2D eigenvalue weighted by molar-refractivity contribution is 0.173. The van der Waals surface area contributed by atoms with Crippen LogP contribution in [0.25, 0.3) is 10.8 Å². The van der Waals surface area contributed by atoms with Crippen LogP contribution < -0.4 is 10.6 Å². The minimum Gasteiger partial charge on any atom is -0.387 e. The number of urea groups is 1. The lowest BCUT2D eigenvalue weighted by Gasteiger charge is -2.13. The van der Waals surface area contributed by atoms with Crippen LogP contribution in [0, 0.1) is 6.92 Å². The molecule has 0 aliphatic carbocycles. The van der Waals surface area contributed by atoms with Crippen LogP contribution >= 0.6 is 0 Å². The van der Waals surface area contributed by atoms with Gasteiger partial charge >= 0.3 is 6.03 Å². The summed E-state index contributed by atoms with van der Waals surface area (Å²) in [4.78, 5) is 11.8. The summed E-state index contributed by atoms with van der Waals surface area (Å²) in [7, 11) is 0. The molecule has 3 rings (SSSR count). The highest BCUT2D eigenvalue weighted by Gasteiger charge is 2.10. The molecule has 1 heterocycles. The number of rotatable bonds is 5. The Morgan fingerprint density at radius 1 is 1.17 bits per heavy atom. The molecule has 3 N–H and O–H groups in total. The molecule has 0 unspecified atom stereocenters. The summed E-state index contributed by atoms with van der Waals surface area (Å²) in [5.41, 5.74) is 1.42. The number of nitrogens with zero attached hydrogens (tertiary/aromatic N) is 1. The maximum atomic E-state index is 11.8. The summed E-state index contributed by atoms with van der Waals surface area (Å²) in [6, 6.07) is 15.1. The van der Waals surface area contributed by atoms with E-state index in [1.54, 1.807) is 13.0 Å². The van der Waals surface area contributed by atoms with E-state index in [4.69, 9.17) is 4.52 Å². The second kappa shape index (κ2) is 7.14. The number of aliphatic hydroxyl groups is 1. The summed E-state index contributed by atoms with van der Waals surface area (Å²) >= 11 is 0. The van der Waals surface area contributed by atoms with E-state index in [1.807, 2.05) is 42.5 Å². The van der Waals surface area contributed by atoms with Crippen LogP contribution in [-0.4, -0.2) is 22.8 Å². The maximum Gasteiger partial charge on any atom is 0.315 e. The van der Waals surface area contributed by atoms with Crippen LogP contribution in [0.5, 0.6) is 0 Å². The van der Waals surface area contributed by atoms with Gasteiger partial charge < -0.3 is 20.3 Å². The lowest BCUT2D eigenvalue weighted by atomic mass is 10.0. The molecule has 0 saturated heterocycles. The summed E-state index contributed by atoms with van der Waals surface area (Å²) < 4.78 is 4.93. The molecule has 124 valence electrons. The van der Waals surface area contributed by atoms with Crippen molar-refractivity contribution in [1.29, 1.82) is 0 Å². The molecule has 1 atom stereocenters. The first kappa shape index (κ1) is 16.0. The fraction of sp³-hybridized carbons (Fsp3) is 0.222. The van der Waals surface area contributed by atoms with Crippen LogP contribution in [0.3, 0.4) is 0 Å². The molecule has 0 aliphatic heterocycles. The first-order chi connectivity index (χ1) is 11.6. The molecule has 24 heavy (non-hydrogen) atoms. The van der Waals surface area contributed by atoms with Crippen molar-refractivity contribution in [2.75, 3.05) is 6.54 Å². The van der Waals surface area contributed by atoms with E-state index in [0.717, 1.165) is 16.3 Å². The molecule has 0 spiro atoms. The molecule has 0 fully saturated rings. The molecule has 3 aromatic rings. The Morgan fingerprint density at radius 2 is 1.96 bits per heavy atom. The third kappa shape index (κ3) is 3.91. The zero-order chi connectivity index (χ0) is 16.9. The number of hydrogen-bond acceptors (Lipinski definition) is 4. The number of fused-ring (bicyclic) bond motifs is 1. The Balaban J connectivity index is 1.52. The number of carbonyl (C=O) groups is 1. The molecule has 0 aliphatic rings. The van der Waals surface area contributed by atoms with E-state index in [1.165, 1.54) is 0 Å². The van der Waals surface area contributed by atoms with Gasteiger partial charge in [-0.25, -0.2) is 4.79 Å². The largest absolute Gasteiger partial charge is 0.387 e. The molecular weight excluding hydrogens is 306 g/mol. The number of carbonyl (C=O) groups excluding carboxylic acids is 1. The van der Waals surface area contributed by atoms with Crippen molar-refractivity contribution in [3.8, 4) is 0 Å². The molecular formula is C18H19N3O3. The minimum atomic E-state index is -0.769. The third-order valence-corrected chi connectivity index (χ3v) is 3.72. The third-order valence-electron chi connectivity index (χ3n) is 3.72. The molecule has 6 heteroatoms. The van der Waals surface area contributed by atoms with Gasteiger partial charge in [-0.05, 0) is 29.3 Å². The molecule has 2 amide bonds. The lowest BCUT2D eigenvalue weighted by Crippen LogP contribution is -2.37. The summed E-state index contributed by atoms with van der Waals surface area (Å²) in [5, 5.41) is 21.5. The van der Waals surface area contributed by atoms with E-state index < -0.39 is 6.10 Å². The Hall–Kier alpha value is -2.86. The number of hydrogen-bond donors (Lipinski definition) is 3. The number of aliphatic hydroxyl groups excluding tert-OH is 1.